The second-order valence-corrected chi connectivity index (χ2v) is 4.06. The summed E-state index contributed by atoms with van der Waals surface area (Å²) in [4.78, 5) is 0. The SMILES string of the molecule is CCC1(CC)CC(C)(O)C1. The molecule has 1 saturated carbocycles. The minimum absolute atomic E-state index is 0.341. The lowest BCUT2D eigenvalue weighted by Crippen LogP contribution is -2.49. The Hall–Kier alpha value is -0.0400. The lowest BCUT2D eigenvalue weighted by Gasteiger charge is -2.51. The van der Waals surface area contributed by atoms with E-state index in [0.717, 1.165) is 12.8 Å². The molecule has 1 nitrogen and oxygen atoms in total. The Morgan fingerprint density at radius 3 is 1.70 bits per heavy atom. The van der Waals surface area contributed by atoms with Gasteiger partial charge in [0.05, 0.1) is 5.60 Å². The second-order valence-electron chi connectivity index (χ2n) is 4.06. The third-order valence-corrected chi connectivity index (χ3v) is 3.01. The van der Waals surface area contributed by atoms with Crippen molar-refractivity contribution < 1.29 is 5.11 Å². The van der Waals surface area contributed by atoms with E-state index in [0.29, 0.717) is 5.41 Å². The zero-order chi connectivity index (χ0) is 7.83. The summed E-state index contributed by atoms with van der Waals surface area (Å²) < 4.78 is 0. The smallest absolute Gasteiger partial charge is 0.0630 e. The largest absolute Gasteiger partial charge is 0.390 e. The van der Waals surface area contributed by atoms with Crippen molar-refractivity contribution in [2.75, 3.05) is 0 Å². The summed E-state index contributed by atoms with van der Waals surface area (Å²) in [5, 5.41) is 9.51. The van der Waals surface area contributed by atoms with Gasteiger partial charge in [-0.15, -0.1) is 0 Å². The maximum Gasteiger partial charge on any atom is 0.0630 e. The number of rotatable bonds is 2. The van der Waals surface area contributed by atoms with Gasteiger partial charge in [0.1, 0.15) is 0 Å². The maximum absolute atomic E-state index is 9.51. The first-order chi connectivity index (χ1) is 4.54. The van der Waals surface area contributed by atoms with E-state index in [2.05, 4.69) is 13.8 Å². The van der Waals surface area contributed by atoms with Crippen LogP contribution in [-0.4, -0.2) is 10.7 Å². The molecule has 10 heavy (non-hydrogen) atoms. The van der Waals surface area contributed by atoms with Crippen molar-refractivity contribution in [1.29, 1.82) is 0 Å². The highest BCUT2D eigenvalue weighted by Gasteiger charge is 2.48. The zero-order valence-electron chi connectivity index (χ0n) is 7.28. The van der Waals surface area contributed by atoms with Crippen molar-refractivity contribution >= 4 is 0 Å². The van der Waals surface area contributed by atoms with Gasteiger partial charge >= 0.3 is 0 Å². The molecule has 0 spiro atoms. The van der Waals surface area contributed by atoms with Crippen LogP contribution in [0.5, 0.6) is 0 Å². The van der Waals surface area contributed by atoms with E-state index in [4.69, 9.17) is 0 Å². The molecular formula is C9H18O. The van der Waals surface area contributed by atoms with Crippen molar-refractivity contribution in [3.63, 3.8) is 0 Å². The zero-order valence-corrected chi connectivity index (χ0v) is 7.28. The average Bonchev–Trinajstić information content (AvgIpc) is 1.82. The fraction of sp³-hybridized carbons (Fsp3) is 1.00. The molecule has 0 unspecified atom stereocenters. The molecular weight excluding hydrogens is 124 g/mol. The van der Waals surface area contributed by atoms with E-state index in [1.54, 1.807) is 0 Å². The van der Waals surface area contributed by atoms with Crippen LogP contribution in [0.15, 0.2) is 0 Å². The molecule has 1 fully saturated rings. The van der Waals surface area contributed by atoms with Gasteiger partial charge in [-0.2, -0.15) is 0 Å². The van der Waals surface area contributed by atoms with Crippen LogP contribution in [0.1, 0.15) is 46.5 Å². The Labute approximate surface area is 63.4 Å². The highest BCUT2D eigenvalue weighted by molar-refractivity contribution is 4.99. The molecule has 60 valence electrons. The molecule has 0 aromatic rings. The second kappa shape index (κ2) is 2.23. The van der Waals surface area contributed by atoms with Crippen LogP contribution < -0.4 is 0 Å². The van der Waals surface area contributed by atoms with Gasteiger partial charge in [-0.3, -0.25) is 0 Å². The fourth-order valence-corrected chi connectivity index (χ4v) is 2.31. The minimum atomic E-state index is -0.341. The standard InChI is InChI=1S/C9H18O/c1-4-9(5-2)6-8(3,10)7-9/h10H,4-7H2,1-3H3. The first-order valence-electron chi connectivity index (χ1n) is 4.26. The molecule has 0 aromatic carbocycles. The van der Waals surface area contributed by atoms with Crippen LogP contribution in [0.2, 0.25) is 0 Å². The van der Waals surface area contributed by atoms with Crippen molar-refractivity contribution in [2.24, 2.45) is 5.41 Å². The maximum atomic E-state index is 9.51. The predicted octanol–water partition coefficient (Wildman–Crippen LogP) is 2.34. The summed E-state index contributed by atoms with van der Waals surface area (Å²) in [5.74, 6) is 0. The number of hydrogen-bond acceptors (Lipinski definition) is 1. The third kappa shape index (κ3) is 1.20. The fourth-order valence-electron chi connectivity index (χ4n) is 2.31. The van der Waals surface area contributed by atoms with Crippen LogP contribution in [0, 0.1) is 5.41 Å². The summed E-state index contributed by atoms with van der Waals surface area (Å²) in [6, 6.07) is 0. The van der Waals surface area contributed by atoms with E-state index in [9.17, 15) is 5.11 Å². The van der Waals surface area contributed by atoms with Gasteiger partial charge in [-0.1, -0.05) is 26.7 Å². The molecule has 0 radical (unpaired) electrons. The first kappa shape index (κ1) is 8.06. The van der Waals surface area contributed by atoms with E-state index in [1.807, 2.05) is 6.92 Å². The normalized spacial score (nSPS) is 27.6. The molecule has 1 heteroatoms. The third-order valence-electron chi connectivity index (χ3n) is 3.01. The Morgan fingerprint density at radius 1 is 1.20 bits per heavy atom. The van der Waals surface area contributed by atoms with E-state index < -0.39 is 0 Å². The lowest BCUT2D eigenvalue weighted by molar-refractivity contribution is -0.118. The molecule has 0 bridgehead atoms. The molecule has 1 aliphatic carbocycles. The van der Waals surface area contributed by atoms with Crippen LogP contribution in [0.3, 0.4) is 0 Å². The minimum Gasteiger partial charge on any atom is -0.390 e. The number of aliphatic hydroxyl groups is 1. The summed E-state index contributed by atoms with van der Waals surface area (Å²) in [7, 11) is 0. The molecule has 1 aliphatic rings. The van der Waals surface area contributed by atoms with E-state index in [1.165, 1.54) is 12.8 Å². The Balaban J connectivity index is 2.46. The van der Waals surface area contributed by atoms with E-state index in [-0.39, 0.29) is 5.60 Å². The van der Waals surface area contributed by atoms with E-state index >= 15 is 0 Å². The van der Waals surface area contributed by atoms with Gasteiger partial charge in [0.2, 0.25) is 0 Å². The summed E-state index contributed by atoms with van der Waals surface area (Å²) in [6.45, 7) is 6.38. The lowest BCUT2D eigenvalue weighted by atomic mass is 9.57. The van der Waals surface area contributed by atoms with Gasteiger partial charge in [0, 0.05) is 0 Å². The summed E-state index contributed by atoms with van der Waals surface area (Å²) >= 11 is 0. The topological polar surface area (TPSA) is 20.2 Å². The van der Waals surface area contributed by atoms with Gasteiger partial charge in [-0.25, -0.2) is 0 Å². The van der Waals surface area contributed by atoms with Crippen LogP contribution in [-0.2, 0) is 0 Å². The van der Waals surface area contributed by atoms with Crippen molar-refractivity contribution in [3.8, 4) is 0 Å². The van der Waals surface area contributed by atoms with Crippen LogP contribution >= 0.6 is 0 Å². The van der Waals surface area contributed by atoms with Crippen LogP contribution in [0.25, 0.3) is 0 Å². The van der Waals surface area contributed by atoms with Crippen molar-refractivity contribution in [2.45, 2.75) is 52.1 Å². The highest BCUT2D eigenvalue weighted by atomic mass is 16.3. The molecule has 0 heterocycles. The Bertz CT molecular complexity index is 113. The van der Waals surface area contributed by atoms with Gasteiger partial charge in [-0.05, 0) is 25.2 Å². The van der Waals surface area contributed by atoms with Crippen molar-refractivity contribution in [1.82, 2.24) is 0 Å². The monoisotopic (exact) mass is 142 g/mol. The van der Waals surface area contributed by atoms with Gasteiger partial charge in [0.15, 0.2) is 0 Å². The van der Waals surface area contributed by atoms with Gasteiger partial charge < -0.3 is 5.11 Å². The molecule has 0 atom stereocenters. The molecule has 0 aliphatic heterocycles. The molecule has 0 aromatic heterocycles. The molecule has 1 rings (SSSR count). The predicted molar refractivity (Wildman–Crippen MR) is 42.9 cm³/mol. The first-order valence-corrected chi connectivity index (χ1v) is 4.26. The van der Waals surface area contributed by atoms with Crippen LogP contribution in [0.4, 0.5) is 0 Å². The highest BCUT2D eigenvalue weighted by Crippen LogP contribution is 2.52. The summed E-state index contributed by atoms with van der Waals surface area (Å²) in [5.41, 5.74) is 0.148. The van der Waals surface area contributed by atoms with Crippen molar-refractivity contribution in [3.05, 3.63) is 0 Å². The van der Waals surface area contributed by atoms with Gasteiger partial charge in [0.25, 0.3) is 0 Å². The quantitative estimate of drug-likeness (QED) is 0.627. The average molecular weight is 142 g/mol. The Kier molecular flexibility index (Phi) is 1.80. The number of hydrogen-bond donors (Lipinski definition) is 1. The summed E-state index contributed by atoms with van der Waals surface area (Å²) in [6.07, 6.45) is 4.46. The molecule has 0 amide bonds. The molecule has 1 N–H and O–H groups in total. The molecule has 0 saturated heterocycles. The Morgan fingerprint density at radius 2 is 1.60 bits per heavy atom.